The molecule has 234 valence electrons. The molecule has 0 amide bonds. The lowest BCUT2D eigenvalue weighted by Gasteiger charge is -2.17. The van der Waals surface area contributed by atoms with Crippen LogP contribution in [-0.2, 0) is 17.3 Å². The maximum atomic E-state index is 14.2. The Bertz CT molecular complexity index is 1870. The Morgan fingerprint density at radius 3 is 2.22 bits per heavy atom. The molecule has 1 N–H and O–H groups in total. The summed E-state index contributed by atoms with van der Waals surface area (Å²) in [7, 11) is 1.74. The van der Waals surface area contributed by atoms with E-state index < -0.39 is 18.3 Å². The maximum Gasteiger partial charge on any atom is 0.323 e. The van der Waals surface area contributed by atoms with E-state index in [1.54, 1.807) is 36.2 Å². The minimum Gasteiger partial charge on any atom is -0.480 e. The van der Waals surface area contributed by atoms with Crippen molar-refractivity contribution < 1.29 is 18.7 Å². The van der Waals surface area contributed by atoms with E-state index in [0.717, 1.165) is 33.5 Å². The van der Waals surface area contributed by atoms with Crippen LogP contribution in [0.2, 0.25) is 10.0 Å². The zero-order valence-electron chi connectivity index (χ0n) is 25.0. The molecule has 0 spiro atoms. The highest BCUT2D eigenvalue weighted by atomic mass is 35.5. The summed E-state index contributed by atoms with van der Waals surface area (Å²) in [6.07, 6.45) is 6.64. The monoisotopic (exact) mass is 657 g/mol. The van der Waals surface area contributed by atoms with Crippen molar-refractivity contribution in [3.8, 4) is 22.4 Å². The summed E-state index contributed by atoms with van der Waals surface area (Å²) in [6.45, 7) is 3.84. The first kappa shape index (κ1) is 32.7. The number of carboxylic acids is 1. The average molecular weight is 659 g/mol. The third-order valence-corrected chi connectivity index (χ3v) is 8.04. The molecule has 5 rings (SSSR count). The Balaban J connectivity index is 1.39. The van der Waals surface area contributed by atoms with Gasteiger partial charge >= 0.3 is 5.97 Å². The van der Waals surface area contributed by atoms with Crippen molar-refractivity contribution >= 4 is 47.0 Å². The van der Waals surface area contributed by atoms with Crippen LogP contribution in [-0.4, -0.2) is 34.2 Å². The van der Waals surface area contributed by atoms with Gasteiger partial charge in [0.05, 0.1) is 10.7 Å². The van der Waals surface area contributed by atoms with E-state index in [0.29, 0.717) is 28.1 Å². The molecule has 4 aromatic carbocycles. The summed E-state index contributed by atoms with van der Waals surface area (Å²) < 4.78 is 30.5. The maximum absolute atomic E-state index is 14.2. The van der Waals surface area contributed by atoms with Crippen LogP contribution in [0.1, 0.15) is 28.9 Å². The van der Waals surface area contributed by atoms with Gasteiger partial charge in [-0.2, -0.15) is 0 Å². The van der Waals surface area contributed by atoms with Gasteiger partial charge in [-0.15, -0.1) is 6.58 Å². The largest absolute Gasteiger partial charge is 0.480 e. The molecule has 1 heterocycles. The van der Waals surface area contributed by atoms with E-state index in [1.165, 1.54) is 18.2 Å². The number of carbonyl (C=O) groups is 1. The summed E-state index contributed by atoms with van der Waals surface area (Å²) in [5, 5.41) is 10.1. The first-order chi connectivity index (χ1) is 22.0. The molecule has 0 radical (unpaired) electrons. The second-order valence-electron chi connectivity index (χ2n) is 10.9. The minimum absolute atomic E-state index is 0.0353. The van der Waals surface area contributed by atoms with Crippen molar-refractivity contribution in [1.29, 1.82) is 0 Å². The fraction of sp³-hybridized carbons (Fsp3) is 0.135. The van der Waals surface area contributed by atoms with E-state index >= 15 is 0 Å². The zero-order chi connectivity index (χ0) is 32.8. The Hall–Kier alpha value is -4.72. The van der Waals surface area contributed by atoms with Gasteiger partial charge in [-0.3, -0.25) is 4.79 Å². The third-order valence-electron chi connectivity index (χ3n) is 7.49. The van der Waals surface area contributed by atoms with Gasteiger partial charge in [-0.25, -0.2) is 13.8 Å². The fourth-order valence-corrected chi connectivity index (χ4v) is 5.53. The number of likely N-dealkylation sites (N-methyl/N-ethyl adjacent to an activating group) is 1. The Morgan fingerprint density at radius 2 is 1.61 bits per heavy atom. The van der Waals surface area contributed by atoms with Crippen LogP contribution in [0.4, 0.5) is 14.5 Å². The molecular formula is C37H31Cl2F2N3O2. The van der Waals surface area contributed by atoms with Gasteiger partial charge < -0.3 is 14.6 Å². The van der Waals surface area contributed by atoms with Crippen LogP contribution in [0.25, 0.3) is 34.5 Å². The molecule has 1 aromatic heterocycles. The molecule has 46 heavy (non-hydrogen) atoms. The quantitative estimate of drug-likeness (QED) is 0.136. The predicted octanol–water partition coefficient (Wildman–Crippen LogP) is 9.93. The third kappa shape index (κ3) is 7.91. The van der Waals surface area contributed by atoms with E-state index in [-0.39, 0.29) is 12.1 Å². The Morgan fingerprint density at radius 1 is 0.957 bits per heavy atom. The Labute approximate surface area is 276 Å². The van der Waals surface area contributed by atoms with Crippen LogP contribution in [0, 0.1) is 0 Å². The summed E-state index contributed by atoms with van der Waals surface area (Å²) >= 11 is 12.6. The number of hydrogen-bond donors (Lipinski definition) is 1. The number of imidazole rings is 1. The molecular weight excluding hydrogens is 627 g/mol. The normalized spacial score (nSPS) is 11.6. The van der Waals surface area contributed by atoms with E-state index in [2.05, 4.69) is 6.58 Å². The SMILES string of the molecule is C=CCC(F)(F)c1ccc(-c2ccc(/C=C/c3nc(-c4ccc(Cl)cc4Cl)cn3Cc3ccc(N(C)CC(=O)O)cc3)cc2)cc1. The van der Waals surface area contributed by atoms with Crippen LogP contribution in [0.5, 0.6) is 0 Å². The molecule has 5 aromatic rings. The molecule has 0 unspecified atom stereocenters. The molecule has 0 saturated carbocycles. The molecule has 0 bridgehead atoms. The van der Waals surface area contributed by atoms with Gasteiger partial charge in [-0.05, 0) is 58.7 Å². The number of halogens is 4. The van der Waals surface area contributed by atoms with Gasteiger partial charge in [0, 0.05) is 48.0 Å². The van der Waals surface area contributed by atoms with Crippen molar-refractivity contribution in [2.45, 2.75) is 18.9 Å². The summed E-state index contributed by atoms with van der Waals surface area (Å²) in [6, 6.07) is 27.1. The lowest BCUT2D eigenvalue weighted by atomic mass is 9.99. The highest BCUT2D eigenvalue weighted by Crippen LogP contribution is 2.34. The fourth-order valence-electron chi connectivity index (χ4n) is 5.03. The van der Waals surface area contributed by atoms with E-state index in [4.69, 9.17) is 33.3 Å². The lowest BCUT2D eigenvalue weighted by Crippen LogP contribution is -2.24. The first-order valence-electron chi connectivity index (χ1n) is 14.4. The molecule has 0 saturated heterocycles. The number of carboxylic acid groups (broad SMARTS) is 1. The smallest absolute Gasteiger partial charge is 0.323 e. The van der Waals surface area contributed by atoms with Crippen LogP contribution >= 0.6 is 23.2 Å². The standard InChI is InChI=1S/C37H31Cl2F2N3O2/c1-3-20-37(40,41)29-13-11-28(12-14-29)27-9-4-25(5-10-27)8-19-35-42-34(32-18-15-30(38)21-33(32)39)23-44(35)22-26-6-16-31(17-7-26)43(2)24-36(45)46/h3-19,21,23H,1,20,22,24H2,2H3,(H,45,46)/b19-8+. The van der Waals surface area contributed by atoms with Crippen LogP contribution < -0.4 is 4.90 Å². The number of benzene rings is 4. The summed E-state index contributed by atoms with van der Waals surface area (Å²) in [5.41, 5.74) is 5.90. The van der Waals surface area contributed by atoms with Crippen molar-refractivity contribution in [2.75, 3.05) is 18.5 Å². The zero-order valence-corrected chi connectivity index (χ0v) is 26.5. The highest BCUT2D eigenvalue weighted by molar-refractivity contribution is 6.36. The number of nitrogens with zero attached hydrogens (tertiary/aromatic N) is 3. The van der Waals surface area contributed by atoms with Gasteiger partial charge in [0.25, 0.3) is 5.92 Å². The van der Waals surface area contributed by atoms with Crippen LogP contribution in [0.15, 0.2) is 110 Å². The van der Waals surface area contributed by atoms with E-state index in [1.807, 2.05) is 77.5 Å². The molecule has 9 heteroatoms. The van der Waals surface area contributed by atoms with Crippen molar-refractivity contribution in [1.82, 2.24) is 9.55 Å². The summed E-state index contributed by atoms with van der Waals surface area (Å²) in [4.78, 5) is 17.6. The van der Waals surface area contributed by atoms with Crippen molar-refractivity contribution in [3.05, 3.63) is 142 Å². The van der Waals surface area contributed by atoms with Gasteiger partial charge in [0.2, 0.25) is 0 Å². The number of allylic oxidation sites excluding steroid dienone is 1. The van der Waals surface area contributed by atoms with Crippen molar-refractivity contribution in [2.24, 2.45) is 0 Å². The number of rotatable bonds is 12. The molecule has 5 nitrogen and oxygen atoms in total. The van der Waals surface area contributed by atoms with Crippen LogP contribution in [0.3, 0.4) is 0 Å². The second kappa shape index (κ2) is 14.1. The Kier molecular flexibility index (Phi) is 10.0. The van der Waals surface area contributed by atoms with Gasteiger partial charge in [-0.1, -0.05) is 96.0 Å². The molecule has 0 aliphatic heterocycles. The van der Waals surface area contributed by atoms with E-state index in [9.17, 15) is 13.6 Å². The molecule has 0 fully saturated rings. The molecule has 0 aliphatic carbocycles. The van der Waals surface area contributed by atoms with Gasteiger partial charge in [0.15, 0.2) is 0 Å². The number of hydrogen-bond acceptors (Lipinski definition) is 3. The highest BCUT2D eigenvalue weighted by Gasteiger charge is 2.29. The molecule has 0 aliphatic rings. The van der Waals surface area contributed by atoms with Gasteiger partial charge in [0.1, 0.15) is 12.4 Å². The number of alkyl halides is 2. The molecule has 0 atom stereocenters. The first-order valence-corrected chi connectivity index (χ1v) is 15.2. The number of aromatic nitrogens is 2. The van der Waals surface area contributed by atoms with Crippen molar-refractivity contribution in [3.63, 3.8) is 0 Å². The second-order valence-corrected chi connectivity index (χ2v) is 11.7. The lowest BCUT2D eigenvalue weighted by molar-refractivity contribution is -0.135. The number of aliphatic carboxylic acids is 1. The number of anilines is 1. The minimum atomic E-state index is -2.94. The predicted molar refractivity (Wildman–Crippen MR) is 184 cm³/mol. The average Bonchev–Trinajstić information content (AvgIpc) is 3.42. The topological polar surface area (TPSA) is 58.4 Å². The summed E-state index contributed by atoms with van der Waals surface area (Å²) in [5.74, 6) is -3.14.